The van der Waals surface area contributed by atoms with Crippen molar-refractivity contribution in [3.8, 4) is 0 Å². The maximum atomic E-state index is 13.8. The molecule has 0 N–H and O–H groups in total. The smallest absolute Gasteiger partial charge is 0.282 e. The van der Waals surface area contributed by atoms with Crippen LogP contribution >= 0.6 is 0 Å². The van der Waals surface area contributed by atoms with Crippen molar-refractivity contribution in [2.24, 2.45) is 0 Å². The van der Waals surface area contributed by atoms with Crippen molar-refractivity contribution in [2.75, 3.05) is 37.0 Å². The first-order chi connectivity index (χ1) is 15.2. The van der Waals surface area contributed by atoms with E-state index >= 15 is 0 Å². The summed E-state index contributed by atoms with van der Waals surface area (Å²) in [5.41, 5.74) is 5.46. The van der Waals surface area contributed by atoms with Gasteiger partial charge in [-0.05, 0) is 62.6 Å². The van der Waals surface area contributed by atoms with E-state index in [0.29, 0.717) is 30.0 Å². The van der Waals surface area contributed by atoms with Crippen LogP contribution in [0.2, 0.25) is 0 Å². The van der Waals surface area contributed by atoms with Gasteiger partial charge in [0.15, 0.2) is 0 Å². The normalized spacial score (nSPS) is 21.6. The number of nitrogens with zero attached hydrogens (tertiary/aromatic N) is 3. The number of anilines is 2. The van der Waals surface area contributed by atoms with Crippen LogP contribution in [-0.4, -0.2) is 56.1 Å². The average molecular weight is 434 g/mol. The maximum Gasteiger partial charge on any atom is 0.282 e. The average Bonchev–Trinajstić information content (AvgIpc) is 2.99. The van der Waals surface area contributed by atoms with Crippen molar-refractivity contribution in [3.63, 3.8) is 0 Å². The van der Waals surface area contributed by atoms with E-state index in [1.54, 1.807) is 0 Å². The number of aryl methyl sites for hydroxylation is 2. The second-order valence-electron chi connectivity index (χ2n) is 9.04. The molecule has 6 heteroatoms. The Morgan fingerprint density at radius 3 is 2.22 bits per heavy atom. The van der Waals surface area contributed by atoms with Gasteiger partial charge in [0.2, 0.25) is 0 Å². The lowest BCUT2D eigenvalue weighted by Gasteiger charge is -2.37. The predicted molar refractivity (Wildman–Crippen MR) is 128 cm³/mol. The monoisotopic (exact) mass is 433 g/mol. The van der Waals surface area contributed by atoms with Crippen LogP contribution in [0.25, 0.3) is 5.57 Å². The Hall–Kier alpha value is -3.12. The lowest BCUT2D eigenvalue weighted by molar-refractivity contribution is -0.121. The van der Waals surface area contributed by atoms with Crippen LogP contribution in [0, 0.1) is 13.8 Å². The molecule has 2 amide bonds. The number of ether oxygens (including phenoxy) is 1. The molecule has 2 unspecified atom stereocenters. The van der Waals surface area contributed by atoms with Gasteiger partial charge < -0.3 is 14.5 Å². The summed E-state index contributed by atoms with van der Waals surface area (Å²) in [7, 11) is 3.88. The van der Waals surface area contributed by atoms with Gasteiger partial charge in [-0.25, -0.2) is 4.90 Å². The SMILES string of the molecule is Cc1ccc(C2=C(N3CC(C)OC(C)C3)C(=O)N(c3cccc(N(C)C)c3)C2=O)cc1C. The van der Waals surface area contributed by atoms with E-state index in [1.807, 2.05) is 94.1 Å². The molecule has 32 heavy (non-hydrogen) atoms. The molecule has 0 aliphatic carbocycles. The summed E-state index contributed by atoms with van der Waals surface area (Å²) in [6.07, 6.45) is -0.0532. The second kappa shape index (κ2) is 8.43. The maximum absolute atomic E-state index is 13.8. The number of benzene rings is 2. The number of hydrogen-bond acceptors (Lipinski definition) is 5. The molecule has 168 valence electrons. The Bertz CT molecular complexity index is 1100. The Morgan fingerprint density at radius 2 is 1.59 bits per heavy atom. The van der Waals surface area contributed by atoms with E-state index in [4.69, 9.17) is 4.74 Å². The highest BCUT2D eigenvalue weighted by atomic mass is 16.5. The fourth-order valence-corrected chi connectivity index (χ4v) is 4.47. The topological polar surface area (TPSA) is 53.1 Å². The number of imide groups is 1. The summed E-state index contributed by atoms with van der Waals surface area (Å²) in [6.45, 7) is 9.20. The van der Waals surface area contributed by atoms with Crippen LogP contribution in [0.3, 0.4) is 0 Å². The second-order valence-corrected chi connectivity index (χ2v) is 9.04. The summed E-state index contributed by atoms with van der Waals surface area (Å²) >= 11 is 0. The van der Waals surface area contributed by atoms with Crippen LogP contribution in [0.15, 0.2) is 48.2 Å². The summed E-state index contributed by atoms with van der Waals surface area (Å²) in [5.74, 6) is -0.559. The molecule has 2 atom stereocenters. The van der Waals surface area contributed by atoms with Crippen LogP contribution < -0.4 is 9.80 Å². The number of hydrogen-bond donors (Lipinski definition) is 0. The highest BCUT2D eigenvalue weighted by Crippen LogP contribution is 2.37. The van der Waals surface area contributed by atoms with E-state index < -0.39 is 0 Å². The first-order valence-corrected chi connectivity index (χ1v) is 11.1. The van der Waals surface area contributed by atoms with Gasteiger partial charge in [-0.15, -0.1) is 0 Å². The van der Waals surface area contributed by atoms with Gasteiger partial charge in [-0.1, -0.05) is 24.3 Å². The minimum Gasteiger partial charge on any atom is -0.378 e. The molecule has 2 aliphatic rings. The van der Waals surface area contributed by atoms with Crippen molar-refractivity contribution in [1.29, 1.82) is 0 Å². The zero-order chi connectivity index (χ0) is 23.2. The zero-order valence-corrected chi connectivity index (χ0v) is 19.7. The highest BCUT2D eigenvalue weighted by Gasteiger charge is 2.44. The van der Waals surface area contributed by atoms with Gasteiger partial charge in [-0.2, -0.15) is 0 Å². The quantitative estimate of drug-likeness (QED) is 0.687. The van der Waals surface area contributed by atoms with E-state index in [-0.39, 0.29) is 24.0 Å². The molecule has 0 saturated carbocycles. The Kier molecular flexibility index (Phi) is 5.82. The lowest BCUT2D eigenvalue weighted by Crippen LogP contribution is -2.47. The number of carbonyl (C=O) groups excluding carboxylic acids is 2. The number of carbonyl (C=O) groups is 2. The van der Waals surface area contributed by atoms with Gasteiger partial charge in [0.1, 0.15) is 5.70 Å². The molecular formula is C26H31N3O3. The molecule has 1 fully saturated rings. The molecule has 0 radical (unpaired) electrons. The molecule has 2 aromatic rings. The Morgan fingerprint density at radius 1 is 0.906 bits per heavy atom. The molecule has 2 aliphatic heterocycles. The van der Waals surface area contributed by atoms with E-state index in [9.17, 15) is 9.59 Å². The van der Waals surface area contributed by atoms with Crippen LogP contribution in [0.1, 0.15) is 30.5 Å². The Balaban J connectivity index is 1.85. The van der Waals surface area contributed by atoms with Crippen LogP contribution in [-0.2, 0) is 14.3 Å². The van der Waals surface area contributed by atoms with Crippen LogP contribution in [0.5, 0.6) is 0 Å². The fourth-order valence-electron chi connectivity index (χ4n) is 4.47. The van der Waals surface area contributed by atoms with Crippen molar-refractivity contribution in [1.82, 2.24) is 4.90 Å². The summed E-state index contributed by atoms with van der Waals surface area (Å²) in [4.78, 5) is 32.9. The minimum atomic E-state index is -0.282. The van der Waals surface area contributed by atoms with Crippen molar-refractivity contribution in [3.05, 3.63) is 64.9 Å². The molecule has 0 spiro atoms. The molecule has 1 saturated heterocycles. The molecule has 6 nitrogen and oxygen atoms in total. The summed E-state index contributed by atoms with van der Waals surface area (Å²) in [5, 5.41) is 0. The number of morpholine rings is 1. The zero-order valence-electron chi connectivity index (χ0n) is 19.7. The molecule has 2 heterocycles. The van der Waals surface area contributed by atoms with Gasteiger partial charge in [0.25, 0.3) is 11.8 Å². The molecule has 4 rings (SSSR count). The molecule has 0 bridgehead atoms. The largest absolute Gasteiger partial charge is 0.378 e. The molecular weight excluding hydrogens is 402 g/mol. The minimum absolute atomic E-state index is 0.0266. The lowest BCUT2D eigenvalue weighted by atomic mass is 9.99. The van der Waals surface area contributed by atoms with Crippen molar-refractivity contribution < 1.29 is 14.3 Å². The number of rotatable bonds is 4. The highest BCUT2D eigenvalue weighted by molar-refractivity contribution is 6.45. The fraction of sp³-hybridized carbons (Fsp3) is 0.385. The summed E-state index contributed by atoms with van der Waals surface area (Å²) < 4.78 is 5.89. The summed E-state index contributed by atoms with van der Waals surface area (Å²) in [6, 6.07) is 13.5. The van der Waals surface area contributed by atoms with Crippen molar-refractivity contribution in [2.45, 2.75) is 39.9 Å². The third-order valence-corrected chi connectivity index (χ3v) is 6.20. The van der Waals surface area contributed by atoms with E-state index in [2.05, 4.69) is 0 Å². The first kappa shape index (κ1) is 22.1. The van der Waals surface area contributed by atoms with E-state index in [1.165, 1.54) is 4.90 Å². The van der Waals surface area contributed by atoms with E-state index in [0.717, 1.165) is 22.4 Å². The third-order valence-electron chi connectivity index (χ3n) is 6.20. The Labute approximate surface area is 190 Å². The van der Waals surface area contributed by atoms with Gasteiger partial charge in [0, 0.05) is 32.9 Å². The standard InChI is InChI=1S/C26H31N3O3/c1-16-10-11-20(12-17(16)2)23-24(28-14-18(3)32-19(4)15-28)26(31)29(25(23)30)22-9-7-8-21(13-22)27(5)6/h7-13,18-19H,14-15H2,1-6H3. The molecule has 0 aromatic heterocycles. The molecule has 2 aromatic carbocycles. The first-order valence-electron chi connectivity index (χ1n) is 11.1. The number of amides is 2. The van der Waals surface area contributed by atoms with Crippen molar-refractivity contribution >= 4 is 28.8 Å². The van der Waals surface area contributed by atoms with Gasteiger partial charge in [-0.3, -0.25) is 9.59 Å². The van der Waals surface area contributed by atoms with Gasteiger partial charge >= 0.3 is 0 Å². The van der Waals surface area contributed by atoms with Gasteiger partial charge in [0.05, 0.1) is 23.5 Å². The predicted octanol–water partition coefficient (Wildman–Crippen LogP) is 3.76. The third kappa shape index (κ3) is 3.91. The van der Waals surface area contributed by atoms with Crippen LogP contribution in [0.4, 0.5) is 11.4 Å².